The highest BCUT2D eigenvalue weighted by atomic mass is 32.2. The maximum Gasteiger partial charge on any atom is 0.261 e. The summed E-state index contributed by atoms with van der Waals surface area (Å²) in [5, 5.41) is 9.60. The first-order valence-electron chi connectivity index (χ1n) is 9.68. The van der Waals surface area contributed by atoms with Crippen molar-refractivity contribution in [2.24, 2.45) is 0 Å². The van der Waals surface area contributed by atoms with E-state index in [1.54, 1.807) is 60.7 Å². The summed E-state index contributed by atoms with van der Waals surface area (Å²) >= 11 is 0. The highest BCUT2D eigenvalue weighted by Crippen LogP contribution is 2.22. The van der Waals surface area contributed by atoms with E-state index >= 15 is 0 Å². The summed E-state index contributed by atoms with van der Waals surface area (Å²) < 4.78 is 32.9. The molecule has 4 rings (SSSR count). The second-order valence-electron chi connectivity index (χ2n) is 6.97. The molecule has 0 radical (unpaired) electrons. The number of nitrogens with zero attached hydrogens (tertiary/aromatic N) is 1. The average Bonchev–Trinajstić information content (AvgIpc) is 3.20. The molecule has 0 aliphatic heterocycles. The number of benzene rings is 3. The molecule has 9 heteroatoms. The molecule has 162 valence electrons. The van der Waals surface area contributed by atoms with Gasteiger partial charge in [0.25, 0.3) is 15.9 Å². The van der Waals surface area contributed by atoms with E-state index in [4.69, 9.17) is 4.74 Å². The quantitative estimate of drug-likeness (QED) is 0.383. The minimum absolute atomic E-state index is 0.164. The Hall–Kier alpha value is -4.11. The zero-order valence-corrected chi connectivity index (χ0v) is 17.9. The number of amides is 1. The molecule has 3 aromatic carbocycles. The molecule has 0 spiro atoms. The Morgan fingerprint density at radius 3 is 2.19 bits per heavy atom. The Balaban J connectivity index is 1.37. The number of aromatic nitrogens is 2. The van der Waals surface area contributed by atoms with E-state index in [-0.39, 0.29) is 10.8 Å². The molecule has 0 saturated carbocycles. The Bertz CT molecular complexity index is 1320. The van der Waals surface area contributed by atoms with Crippen LogP contribution in [0.25, 0.3) is 0 Å². The van der Waals surface area contributed by atoms with E-state index in [1.165, 1.54) is 24.3 Å². The number of hydrogen-bond acceptors (Lipinski definition) is 5. The minimum Gasteiger partial charge on any atom is -0.438 e. The summed E-state index contributed by atoms with van der Waals surface area (Å²) in [7, 11) is -3.69. The second kappa shape index (κ2) is 8.94. The van der Waals surface area contributed by atoms with Crippen molar-refractivity contribution in [2.45, 2.75) is 11.8 Å². The first-order chi connectivity index (χ1) is 15.4. The zero-order chi connectivity index (χ0) is 22.6. The summed E-state index contributed by atoms with van der Waals surface area (Å²) in [6, 6.07) is 22.9. The lowest BCUT2D eigenvalue weighted by Gasteiger charge is -2.09. The first kappa shape index (κ1) is 21.1. The number of carbonyl (C=O) groups is 1. The first-order valence-corrected chi connectivity index (χ1v) is 11.2. The third kappa shape index (κ3) is 5.13. The molecule has 1 aromatic heterocycles. The van der Waals surface area contributed by atoms with E-state index in [2.05, 4.69) is 20.2 Å². The molecule has 1 heterocycles. The van der Waals surface area contributed by atoms with Crippen LogP contribution in [0.1, 0.15) is 16.1 Å². The van der Waals surface area contributed by atoms with Gasteiger partial charge in [0, 0.05) is 28.7 Å². The van der Waals surface area contributed by atoms with E-state index in [0.29, 0.717) is 28.6 Å². The number of rotatable bonds is 7. The number of H-pyrrole nitrogens is 1. The van der Waals surface area contributed by atoms with Crippen LogP contribution >= 0.6 is 0 Å². The Kier molecular flexibility index (Phi) is 5.91. The van der Waals surface area contributed by atoms with Gasteiger partial charge in [-0.3, -0.25) is 14.6 Å². The van der Waals surface area contributed by atoms with Crippen molar-refractivity contribution in [1.82, 2.24) is 10.2 Å². The van der Waals surface area contributed by atoms with E-state index in [0.717, 1.165) is 5.69 Å². The zero-order valence-electron chi connectivity index (χ0n) is 17.1. The third-order valence-corrected chi connectivity index (χ3v) is 5.87. The van der Waals surface area contributed by atoms with E-state index < -0.39 is 10.0 Å². The van der Waals surface area contributed by atoms with Gasteiger partial charge in [-0.15, -0.1) is 5.10 Å². The van der Waals surface area contributed by atoms with Crippen LogP contribution in [0.3, 0.4) is 0 Å². The fraction of sp³-hybridized carbons (Fsp3) is 0.0435. The largest absolute Gasteiger partial charge is 0.438 e. The Labute approximate surface area is 185 Å². The van der Waals surface area contributed by atoms with Crippen LogP contribution in [0.4, 0.5) is 11.4 Å². The molecule has 0 aliphatic rings. The van der Waals surface area contributed by atoms with Crippen LogP contribution in [0, 0.1) is 6.92 Å². The number of anilines is 2. The predicted molar refractivity (Wildman–Crippen MR) is 121 cm³/mol. The van der Waals surface area contributed by atoms with Gasteiger partial charge in [0.1, 0.15) is 5.75 Å². The lowest BCUT2D eigenvalue weighted by molar-refractivity contribution is 0.102. The second-order valence-corrected chi connectivity index (χ2v) is 8.65. The summed E-state index contributed by atoms with van der Waals surface area (Å²) in [4.78, 5) is 12.7. The van der Waals surface area contributed by atoms with Crippen molar-refractivity contribution in [2.75, 3.05) is 10.0 Å². The number of aryl methyl sites for hydroxylation is 1. The SMILES string of the molecule is Cc1cc(Oc2ccc(NC(=O)c3ccc(NS(=O)(=O)c4ccccc4)cc3)cc2)n[nH]1. The van der Waals surface area contributed by atoms with Crippen molar-refractivity contribution in [3.8, 4) is 11.6 Å². The monoisotopic (exact) mass is 448 g/mol. The molecule has 1 amide bonds. The molecule has 0 bridgehead atoms. The minimum atomic E-state index is -3.69. The van der Waals surface area contributed by atoms with E-state index in [9.17, 15) is 13.2 Å². The molecular formula is C23H20N4O4S. The van der Waals surface area contributed by atoms with Gasteiger partial charge in [0.15, 0.2) is 0 Å². The van der Waals surface area contributed by atoms with Gasteiger partial charge in [-0.25, -0.2) is 8.42 Å². The average molecular weight is 449 g/mol. The Morgan fingerprint density at radius 2 is 1.56 bits per heavy atom. The van der Waals surface area contributed by atoms with Crippen molar-refractivity contribution in [3.63, 3.8) is 0 Å². The van der Waals surface area contributed by atoms with Gasteiger partial charge in [-0.2, -0.15) is 0 Å². The lowest BCUT2D eigenvalue weighted by Crippen LogP contribution is -2.14. The molecule has 4 aromatic rings. The summed E-state index contributed by atoms with van der Waals surface area (Å²) in [6.07, 6.45) is 0. The standard InChI is InChI=1S/C23H20N4O4S/c1-16-15-22(26-25-16)31-20-13-11-18(12-14-20)24-23(28)17-7-9-19(10-8-17)27-32(29,30)21-5-3-2-4-6-21/h2-15,27H,1H3,(H,24,28)(H,25,26). The number of ether oxygens (including phenoxy) is 1. The van der Waals surface area contributed by atoms with Crippen LogP contribution in [0.5, 0.6) is 11.6 Å². The van der Waals surface area contributed by atoms with Crippen molar-refractivity contribution >= 4 is 27.3 Å². The molecular weight excluding hydrogens is 428 g/mol. The van der Waals surface area contributed by atoms with Crippen molar-refractivity contribution < 1.29 is 17.9 Å². The predicted octanol–water partition coefficient (Wildman–Crippen LogP) is 4.56. The summed E-state index contributed by atoms with van der Waals surface area (Å²) in [6.45, 7) is 1.88. The third-order valence-electron chi connectivity index (χ3n) is 4.47. The number of aromatic amines is 1. The lowest BCUT2D eigenvalue weighted by atomic mass is 10.2. The summed E-state index contributed by atoms with van der Waals surface area (Å²) in [5.41, 5.74) is 2.23. The molecule has 0 aliphatic carbocycles. The topological polar surface area (TPSA) is 113 Å². The molecule has 32 heavy (non-hydrogen) atoms. The van der Waals surface area contributed by atoms with Crippen molar-refractivity contribution in [1.29, 1.82) is 0 Å². The molecule has 0 saturated heterocycles. The fourth-order valence-corrected chi connectivity index (χ4v) is 3.96. The van der Waals surface area contributed by atoms with Gasteiger partial charge in [0.05, 0.1) is 4.90 Å². The van der Waals surface area contributed by atoms with Gasteiger partial charge in [-0.1, -0.05) is 18.2 Å². The van der Waals surface area contributed by atoms with Crippen molar-refractivity contribution in [3.05, 3.63) is 96.2 Å². The normalized spacial score (nSPS) is 11.0. The molecule has 0 atom stereocenters. The number of nitrogens with one attached hydrogen (secondary N) is 3. The van der Waals surface area contributed by atoms with Gasteiger partial charge < -0.3 is 10.1 Å². The summed E-state index contributed by atoms with van der Waals surface area (Å²) in [5.74, 6) is 0.728. The number of hydrogen-bond donors (Lipinski definition) is 3. The highest BCUT2D eigenvalue weighted by molar-refractivity contribution is 7.92. The van der Waals surface area contributed by atoms with Crippen LogP contribution in [-0.4, -0.2) is 24.5 Å². The number of sulfonamides is 1. The van der Waals surface area contributed by atoms with Crippen LogP contribution < -0.4 is 14.8 Å². The Morgan fingerprint density at radius 1 is 0.906 bits per heavy atom. The number of carbonyl (C=O) groups excluding carboxylic acids is 1. The van der Waals surface area contributed by atoms with Gasteiger partial charge in [0.2, 0.25) is 5.88 Å². The van der Waals surface area contributed by atoms with Gasteiger partial charge >= 0.3 is 0 Å². The maximum absolute atomic E-state index is 12.5. The smallest absolute Gasteiger partial charge is 0.261 e. The van der Waals surface area contributed by atoms with Gasteiger partial charge in [-0.05, 0) is 67.6 Å². The fourth-order valence-electron chi connectivity index (χ4n) is 2.88. The van der Waals surface area contributed by atoms with Crippen LogP contribution in [0.15, 0.2) is 89.8 Å². The van der Waals surface area contributed by atoms with E-state index in [1.807, 2.05) is 6.92 Å². The molecule has 0 fully saturated rings. The van der Waals surface area contributed by atoms with Crippen LogP contribution in [-0.2, 0) is 10.0 Å². The maximum atomic E-state index is 12.5. The van der Waals surface area contributed by atoms with Crippen LogP contribution in [0.2, 0.25) is 0 Å². The molecule has 3 N–H and O–H groups in total. The molecule has 8 nitrogen and oxygen atoms in total. The highest BCUT2D eigenvalue weighted by Gasteiger charge is 2.14. The molecule has 0 unspecified atom stereocenters.